The van der Waals surface area contributed by atoms with Crippen LogP contribution in [0.2, 0.25) is 0 Å². The molecule has 0 aliphatic carbocycles. The number of carbonyl (C=O) groups excluding carboxylic acids is 1. The molecule has 2 aromatic rings. The average Bonchev–Trinajstić information content (AvgIpc) is 2.52. The predicted molar refractivity (Wildman–Crippen MR) is 83.3 cm³/mol. The first-order valence-electron chi connectivity index (χ1n) is 7.31. The number of carbonyl (C=O) groups is 1. The minimum atomic E-state index is -4.71. The van der Waals surface area contributed by atoms with Crippen molar-refractivity contribution < 1.29 is 31.9 Å². The van der Waals surface area contributed by atoms with E-state index in [0.29, 0.717) is 12.5 Å². The molecule has 1 unspecified atom stereocenters. The predicted octanol–water partition coefficient (Wildman–Crippen LogP) is 3.70. The largest absolute Gasteiger partial charge is 0.424 e. The van der Waals surface area contributed by atoms with Gasteiger partial charge in [-0.2, -0.15) is 13.2 Å². The zero-order valence-electron chi connectivity index (χ0n) is 13.3. The Balaban J connectivity index is 2.25. The second kappa shape index (κ2) is 7.52. The molecule has 0 spiro atoms. The van der Waals surface area contributed by atoms with Gasteiger partial charge >= 0.3 is 17.8 Å². The fraction of sp³-hybridized carbons (Fsp3) is 0.294. The van der Waals surface area contributed by atoms with Crippen LogP contribution >= 0.6 is 0 Å². The van der Waals surface area contributed by atoms with Gasteiger partial charge in [-0.1, -0.05) is 6.08 Å². The Morgan fingerprint density at radius 3 is 2.72 bits per heavy atom. The van der Waals surface area contributed by atoms with Crippen LogP contribution < -0.4 is 10.4 Å². The van der Waals surface area contributed by atoms with Crippen molar-refractivity contribution in [2.45, 2.75) is 25.6 Å². The summed E-state index contributed by atoms with van der Waals surface area (Å²) in [6, 6.07) is 3.70. The standard InChI is InChI=1S/C17H15F3O5/c1-3-4-7-23-10(2)16(22)24-11-5-6-12-13(17(18,19)20)9-15(21)25-14(12)8-11/h3,5-6,8-10H,1,4,7H2,2H3. The van der Waals surface area contributed by atoms with Crippen molar-refractivity contribution >= 4 is 16.9 Å². The first kappa shape index (κ1) is 18.7. The highest BCUT2D eigenvalue weighted by Gasteiger charge is 2.34. The van der Waals surface area contributed by atoms with Crippen LogP contribution in [0, 0.1) is 0 Å². The molecule has 0 saturated carbocycles. The third-order valence-corrected chi connectivity index (χ3v) is 3.26. The maximum Gasteiger partial charge on any atom is 0.417 e. The lowest BCUT2D eigenvalue weighted by molar-refractivity contribution is -0.146. The Kier molecular flexibility index (Phi) is 5.63. The summed E-state index contributed by atoms with van der Waals surface area (Å²) < 4.78 is 54.0. The summed E-state index contributed by atoms with van der Waals surface area (Å²) in [5, 5.41) is -0.304. The SMILES string of the molecule is C=CCCOC(C)C(=O)Oc1ccc2c(C(F)(F)F)cc(=O)oc2c1. The number of fused-ring (bicyclic) bond motifs is 1. The summed E-state index contributed by atoms with van der Waals surface area (Å²) in [5.41, 5.74) is -2.59. The van der Waals surface area contributed by atoms with E-state index in [2.05, 4.69) is 6.58 Å². The summed E-state index contributed by atoms with van der Waals surface area (Å²) in [4.78, 5) is 23.2. The molecular formula is C17H15F3O5. The van der Waals surface area contributed by atoms with Crippen LogP contribution in [0.15, 0.2) is 46.1 Å². The smallest absolute Gasteiger partial charge is 0.417 e. The third kappa shape index (κ3) is 4.69. The molecule has 1 aromatic heterocycles. The van der Waals surface area contributed by atoms with Crippen LogP contribution in [-0.4, -0.2) is 18.7 Å². The third-order valence-electron chi connectivity index (χ3n) is 3.26. The van der Waals surface area contributed by atoms with Gasteiger partial charge in [0.15, 0.2) is 6.10 Å². The van der Waals surface area contributed by atoms with Gasteiger partial charge in [0.2, 0.25) is 0 Å². The van der Waals surface area contributed by atoms with E-state index in [-0.39, 0.29) is 23.3 Å². The molecule has 5 nitrogen and oxygen atoms in total. The molecule has 8 heteroatoms. The molecule has 0 N–H and O–H groups in total. The van der Waals surface area contributed by atoms with Gasteiger partial charge in [0.1, 0.15) is 11.3 Å². The van der Waals surface area contributed by atoms with Crippen LogP contribution in [0.25, 0.3) is 11.0 Å². The zero-order valence-corrected chi connectivity index (χ0v) is 13.3. The molecule has 0 aliphatic rings. The van der Waals surface area contributed by atoms with Gasteiger partial charge < -0.3 is 13.9 Å². The monoisotopic (exact) mass is 356 g/mol. The number of halogens is 3. The molecule has 0 aliphatic heterocycles. The second-order valence-electron chi connectivity index (χ2n) is 5.15. The molecular weight excluding hydrogens is 341 g/mol. The van der Waals surface area contributed by atoms with Gasteiger partial charge in [-0.3, -0.25) is 0 Å². The number of benzene rings is 1. The molecule has 0 fully saturated rings. The molecule has 2 rings (SSSR count). The number of ether oxygens (including phenoxy) is 2. The molecule has 0 saturated heterocycles. The lowest BCUT2D eigenvalue weighted by atomic mass is 10.1. The molecule has 25 heavy (non-hydrogen) atoms. The number of alkyl halides is 3. The highest BCUT2D eigenvalue weighted by Crippen LogP contribution is 2.34. The Hall–Kier alpha value is -2.61. The zero-order chi connectivity index (χ0) is 18.6. The van der Waals surface area contributed by atoms with Crippen molar-refractivity contribution in [1.82, 2.24) is 0 Å². The lowest BCUT2D eigenvalue weighted by Crippen LogP contribution is -2.26. The number of rotatable bonds is 6. The van der Waals surface area contributed by atoms with Gasteiger partial charge in [-0.05, 0) is 25.5 Å². The van der Waals surface area contributed by atoms with E-state index in [1.807, 2.05) is 0 Å². The van der Waals surface area contributed by atoms with E-state index in [4.69, 9.17) is 13.9 Å². The first-order chi connectivity index (χ1) is 11.7. The van der Waals surface area contributed by atoms with E-state index in [9.17, 15) is 22.8 Å². The molecule has 134 valence electrons. The van der Waals surface area contributed by atoms with E-state index < -0.39 is 29.4 Å². The minimum absolute atomic E-state index is 0.0563. The van der Waals surface area contributed by atoms with Crippen molar-refractivity contribution in [2.24, 2.45) is 0 Å². The van der Waals surface area contributed by atoms with E-state index >= 15 is 0 Å². The number of hydrogen-bond donors (Lipinski definition) is 0. The molecule has 1 heterocycles. The van der Waals surface area contributed by atoms with Gasteiger partial charge in [0.25, 0.3) is 0 Å². The summed E-state index contributed by atoms with van der Waals surface area (Å²) in [5.74, 6) is -0.781. The van der Waals surface area contributed by atoms with Crippen LogP contribution in [0.4, 0.5) is 13.2 Å². The van der Waals surface area contributed by atoms with E-state index in [0.717, 1.165) is 12.1 Å². The lowest BCUT2D eigenvalue weighted by Gasteiger charge is -2.13. The number of hydrogen-bond acceptors (Lipinski definition) is 5. The van der Waals surface area contributed by atoms with E-state index in [1.165, 1.54) is 13.0 Å². The highest BCUT2D eigenvalue weighted by molar-refractivity contribution is 5.83. The quantitative estimate of drug-likeness (QED) is 0.260. The van der Waals surface area contributed by atoms with Crippen LogP contribution in [0.1, 0.15) is 18.9 Å². The topological polar surface area (TPSA) is 65.7 Å². The molecule has 1 aromatic carbocycles. The maximum absolute atomic E-state index is 13.0. The normalized spacial score (nSPS) is 12.8. The van der Waals surface area contributed by atoms with Crippen molar-refractivity contribution in [2.75, 3.05) is 6.61 Å². The maximum atomic E-state index is 13.0. The van der Waals surface area contributed by atoms with Crippen LogP contribution in [0.3, 0.4) is 0 Å². The van der Waals surface area contributed by atoms with Gasteiger partial charge in [-0.25, -0.2) is 9.59 Å². The Morgan fingerprint density at radius 2 is 2.08 bits per heavy atom. The summed E-state index contributed by atoms with van der Waals surface area (Å²) in [6.45, 7) is 5.28. The van der Waals surface area contributed by atoms with Crippen LogP contribution in [-0.2, 0) is 15.7 Å². The minimum Gasteiger partial charge on any atom is -0.424 e. The van der Waals surface area contributed by atoms with Crippen molar-refractivity contribution in [1.29, 1.82) is 0 Å². The van der Waals surface area contributed by atoms with E-state index in [1.54, 1.807) is 6.08 Å². The Bertz CT molecular complexity index is 838. The fourth-order valence-electron chi connectivity index (χ4n) is 2.04. The van der Waals surface area contributed by atoms with Crippen LogP contribution in [0.5, 0.6) is 5.75 Å². The number of esters is 1. The average molecular weight is 356 g/mol. The van der Waals surface area contributed by atoms with Gasteiger partial charge in [0, 0.05) is 17.5 Å². The van der Waals surface area contributed by atoms with Crippen molar-refractivity contribution in [3.05, 3.63) is 52.9 Å². The highest BCUT2D eigenvalue weighted by atomic mass is 19.4. The Morgan fingerprint density at radius 1 is 1.36 bits per heavy atom. The Labute approximate surface area is 140 Å². The summed E-state index contributed by atoms with van der Waals surface area (Å²) in [6.07, 6.45) is -3.40. The molecule has 0 bridgehead atoms. The second-order valence-corrected chi connectivity index (χ2v) is 5.15. The van der Waals surface area contributed by atoms with Crippen molar-refractivity contribution in [3.63, 3.8) is 0 Å². The summed E-state index contributed by atoms with van der Waals surface area (Å²) >= 11 is 0. The summed E-state index contributed by atoms with van der Waals surface area (Å²) in [7, 11) is 0. The fourth-order valence-corrected chi connectivity index (χ4v) is 2.04. The van der Waals surface area contributed by atoms with Crippen molar-refractivity contribution in [3.8, 4) is 5.75 Å². The van der Waals surface area contributed by atoms with Gasteiger partial charge in [-0.15, -0.1) is 6.58 Å². The first-order valence-corrected chi connectivity index (χ1v) is 7.31. The molecule has 0 radical (unpaired) electrons. The molecule has 0 amide bonds. The van der Waals surface area contributed by atoms with Gasteiger partial charge in [0.05, 0.1) is 12.2 Å². The molecule has 1 atom stereocenters.